The first-order valence-corrected chi connectivity index (χ1v) is 9.10. The molecule has 0 aromatic carbocycles. The third kappa shape index (κ3) is 3.06. The lowest BCUT2D eigenvalue weighted by Crippen LogP contribution is -2.44. The molecule has 0 bridgehead atoms. The molecule has 0 spiro atoms. The van der Waals surface area contributed by atoms with Crippen molar-refractivity contribution in [1.82, 2.24) is 21.2 Å². The van der Waals surface area contributed by atoms with E-state index < -0.39 is 0 Å². The van der Waals surface area contributed by atoms with Crippen LogP contribution < -0.4 is 16.2 Å². The third-order valence-corrected chi connectivity index (χ3v) is 5.98. The van der Waals surface area contributed by atoms with Crippen molar-refractivity contribution in [2.75, 3.05) is 0 Å². The first-order valence-electron chi connectivity index (χ1n) is 8.31. The highest BCUT2D eigenvalue weighted by Crippen LogP contribution is 2.30. The number of carbonyl (C=O) groups excluding carboxylic acids is 1. The molecule has 2 aliphatic rings. The lowest BCUT2D eigenvalue weighted by atomic mass is 9.79. The number of nitrogens with zero attached hydrogens (tertiary/aromatic N) is 2. The Balaban J connectivity index is 1.75. The molecular weight excluding hydrogens is 370 g/mol. The number of fused-ring (bicyclic) bond motifs is 1. The topological polar surface area (TPSA) is 89.8 Å². The largest absolute Gasteiger partial charge is 0.348 e. The predicted octanol–water partition coefficient (Wildman–Crippen LogP) is 2.10. The van der Waals surface area contributed by atoms with Crippen LogP contribution in [-0.4, -0.2) is 29.0 Å². The maximum absolute atomic E-state index is 12.7. The Kier molecular flexibility index (Phi) is 4.90. The number of rotatable bonds is 2. The zero-order valence-electron chi connectivity index (χ0n) is 14.1. The lowest BCUT2D eigenvalue weighted by molar-refractivity contribution is 0.0909. The van der Waals surface area contributed by atoms with Crippen LogP contribution >= 0.6 is 15.9 Å². The number of amides is 1. The first-order chi connectivity index (χ1) is 11.4. The molecule has 0 radical (unpaired) electrons. The van der Waals surface area contributed by atoms with Gasteiger partial charge in [0.1, 0.15) is 16.4 Å². The molecule has 3 rings (SSSR count). The van der Waals surface area contributed by atoms with Gasteiger partial charge in [0, 0.05) is 18.1 Å². The number of hydrogen-bond donors (Lipinski definition) is 3. The molecule has 1 aromatic heterocycles. The molecule has 1 aliphatic heterocycles. The summed E-state index contributed by atoms with van der Waals surface area (Å²) in [6.45, 7) is 5.86. The van der Waals surface area contributed by atoms with Crippen molar-refractivity contribution in [3.63, 3.8) is 0 Å². The highest BCUT2D eigenvalue weighted by molar-refractivity contribution is 9.10. The monoisotopic (exact) mass is 391 g/mol. The molecule has 4 atom stereocenters. The van der Waals surface area contributed by atoms with Crippen LogP contribution in [0.1, 0.15) is 53.4 Å². The van der Waals surface area contributed by atoms with Crippen LogP contribution in [0.3, 0.4) is 0 Å². The molecule has 1 saturated carbocycles. The van der Waals surface area contributed by atoms with Gasteiger partial charge in [-0.2, -0.15) is 5.26 Å². The molecule has 7 heteroatoms. The van der Waals surface area contributed by atoms with Crippen LogP contribution in [0.2, 0.25) is 0 Å². The van der Waals surface area contributed by atoms with Gasteiger partial charge in [-0.3, -0.25) is 15.6 Å². The Morgan fingerprint density at radius 2 is 2.08 bits per heavy atom. The standard InChI is InChI=1S/C17H22BrN5O/c1-8-9(2)15(21-16(18)13(8)7-19)17(24)20-11-4-5-14-12(6-11)10(3)22-23-14/h10-12,14,22-23H,4-6H2,1-3H3,(H,20,24). The molecule has 1 amide bonds. The SMILES string of the molecule is Cc1c(C(=O)NC2CCC3NNC(C)C3C2)nc(Br)c(C#N)c1C. The summed E-state index contributed by atoms with van der Waals surface area (Å²) >= 11 is 3.30. The summed E-state index contributed by atoms with van der Waals surface area (Å²) in [5, 5.41) is 12.3. The molecule has 1 aromatic rings. The van der Waals surface area contributed by atoms with Crippen LogP contribution in [0.15, 0.2) is 4.60 Å². The van der Waals surface area contributed by atoms with Crippen LogP contribution in [0.5, 0.6) is 0 Å². The Morgan fingerprint density at radius 1 is 1.33 bits per heavy atom. The van der Waals surface area contributed by atoms with Crippen molar-refractivity contribution in [1.29, 1.82) is 5.26 Å². The van der Waals surface area contributed by atoms with Gasteiger partial charge in [0.05, 0.1) is 5.56 Å². The van der Waals surface area contributed by atoms with E-state index in [0.29, 0.717) is 33.9 Å². The van der Waals surface area contributed by atoms with Gasteiger partial charge in [-0.25, -0.2) is 4.98 Å². The van der Waals surface area contributed by atoms with Crippen molar-refractivity contribution in [2.24, 2.45) is 5.92 Å². The molecule has 2 heterocycles. The summed E-state index contributed by atoms with van der Waals surface area (Å²) in [5.74, 6) is 0.378. The molecular formula is C17H22BrN5O. The number of pyridine rings is 1. The Bertz CT molecular complexity index is 714. The van der Waals surface area contributed by atoms with E-state index in [2.05, 4.69) is 50.1 Å². The van der Waals surface area contributed by atoms with Gasteiger partial charge in [-0.05, 0) is 73.0 Å². The maximum Gasteiger partial charge on any atom is 0.270 e. The summed E-state index contributed by atoms with van der Waals surface area (Å²) in [6.07, 6.45) is 2.98. The zero-order chi connectivity index (χ0) is 17.4. The fourth-order valence-corrected chi connectivity index (χ4v) is 4.34. The molecule has 4 unspecified atom stereocenters. The number of nitrogens with one attached hydrogen (secondary N) is 3. The maximum atomic E-state index is 12.7. The quantitative estimate of drug-likeness (QED) is 0.671. The number of nitriles is 1. The Morgan fingerprint density at radius 3 is 2.79 bits per heavy atom. The predicted molar refractivity (Wildman–Crippen MR) is 94.2 cm³/mol. The van der Waals surface area contributed by atoms with Crippen LogP contribution in [0, 0.1) is 31.1 Å². The van der Waals surface area contributed by atoms with Crippen molar-refractivity contribution in [2.45, 2.75) is 58.2 Å². The number of halogens is 1. The second kappa shape index (κ2) is 6.79. The Hall–Kier alpha value is -1.49. The van der Waals surface area contributed by atoms with E-state index >= 15 is 0 Å². The number of hydrogen-bond acceptors (Lipinski definition) is 5. The molecule has 24 heavy (non-hydrogen) atoms. The third-order valence-electron chi connectivity index (χ3n) is 5.41. The van der Waals surface area contributed by atoms with Crippen molar-refractivity contribution >= 4 is 21.8 Å². The molecule has 6 nitrogen and oxygen atoms in total. The summed E-state index contributed by atoms with van der Waals surface area (Å²) in [5.41, 5.74) is 9.08. The summed E-state index contributed by atoms with van der Waals surface area (Å²) in [7, 11) is 0. The van der Waals surface area contributed by atoms with Gasteiger partial charge in [-0.15, -0.1) is 0 Å². The number of aromatic nitrogens is 1. The first kappa shape index (κ1) is 17.3. The van der Waals surface area contributed by atoms with Gasteiger partial charge >= 0.3 is 0 Å². The van der Waals surface area contributed by atoms with Gasteiger partial charge in [0.15, 0.2) is 0 Å². The average Bonchev–Trinajstić information content (AvgIpc) is 2.92. The molecule has 1 aliphatic carbocycles. The van der Waals surface area contributed by atoms with Gasteiger partial charge in [-0.1, -0.05) is 0 Å². The van der Waals surface area contributed by atoms with E-state index in [0.717, 1.165) is 30.4 Å². The Labute approximate surface area is 150 Å². The van der Waals surface area contributed by atoms with E-state index in [1.165, 1.54) is 0 Å². The molecule has 2 fully saturated rings. The minimum Gasteiger partial charge on any atom is -0.348 e. The molecule has 3 N–H and O–H groups in total. The van der Waals surface area contributed by atoms with E-state index in [4.69, 9.17) is 0 Å². The highest BCUT2D eigenvalue weighted by Gasteiger charge is 2.38. The van der Waals surface area contributed by atoms with Gasteiger partial charge in [0.2, 0.25) is 0 Å². The second-order valence-electron chi connectivity index (χ2n) is 6.82. The normalized spacial score (nSPS) is 29.0. The van der Waals surface area contributed by atoms with Crippen LogP contribution in [0.4, 0.5) is 0 Å². The minimum absolute atomic E-state index is 0.157. The van der Waals surface area contributed by atoms with Gasteiger partial charge < -0.3 is 5.32 Å². The van der Waals surface area contributed by atoms with Crippen molar-refractivity contribution in [3.8, 4) is 6.07 Å². The summed E-state index contributed by atoms with van der Waals surface area (Å²) in [4.78, 5) is 17.0. The molecule has 1 saturated heterocycles. The smallest absolute Gasteiger partial charge is 0.270 e. The van der Waals surface area contributed by atoms with E-state index in [1.807, 2.05) is 13.8 Å². The van der Waals surface area contributed by atoms with E-state index in [1.54, 1.807) is 0 Å². The summed E-state index contributed by atoms with van der Waals surface area (Å²) < 4.78 is 0.430. The average molecular weight is 392 g/mol. The van der Waals surface area contributed by atoms with Crippen molar-refractivity contribution < 1.29 is 4.79 Å². The fourth-order valence-electron chi connectivity index (χ4n) is 3.78. The van der Waals surface area contributed by atoms with Crippen LogP contribution in [0.25, 0.3) is 0 Å². The zero-order valence-corrected chi connectivity index (χ0v) is 15.7. The number of hydrazine groups is 1. The fraction of sp³-hybridized carbons (Fsp3) is 0.588. The highest BCUT2D eigenvalue weighted by atomic mass is 79.9. The molecule has 128 valence electrons. The summed E-state index contributed by atoms with van der Waals surface area (Å²) in [6, 6.07) is 3.21. The second-order valence-corrected chi connectivity index (χ2v) is 7.57. The minimum atomic E-state index is -0.157. The van der Waals surface area contributed by atoms with E-state index in [-0.39, 0.29) is 11.9 Å². The van der Waals surface area contributed by atoms with Gasteiger partial charge in [0.25, 0.3) is 5.91 Å². The van der Waals surface area contributed by atoms with Crippen LogP contribution in [-0.2, 0) is 0 Å². The van der Waals surface area contributed by atoms with Crippen molar-refractivity contribution in [3.05, 3.63) is 27.0 Å². The number of carbonyl (C=O) groups is 1. The van der Waals surface area contributed by atoms with E-state index in [9.17, 15) is 10.1 Å². The lowest BCUT2D eigenvalue weighted by Gasteiger charge is -2.32.